The average molecular weight is 372 g/mol. The van der Waals surface area contributed by atoms with Crippen LogP contribution in [-0.4, -0.2) is 59.3 Å². The number of benzene rings is 1. The maximum Gasteiger partial charge on any atom is 0.273 e. The van der Waals surface area contributed by atoms with Crippen molar-refractivity contribution in [3.05, 3.63) is 47.0 Å². The van der Waals surface area contributed by atoms with E-state index in [1.54, 1.807) is 5.38 Å². The zero-order valence-corrected chi connectivity index (χ0v) is 15.8. The van der Waals surface area contributed by atoms with E-state index in [-0.39, 0.29) is 11.8 Å². The van der Waals surface area contributed by atoms with Crippen LogP contribution < -0.4 is 5.32 Å². The van der Waals surface area contributed by atoms with Crippen molar-refractivity contribution in [3.63, 3.8) is 0 Å². The standard InChI is InChI=1S/C19H24N4O2S/c1-2-22-10-12-23(13-11-22)18(25)16-14-26-19(20-16)21-17(24)9-8-15-6-4-3-5-7-15/h3-7,14H,2,8-13H2,1H3,(H,20,21,24). The summed E-state index contributed by atoms with van der Waals surface area (Å²) >= 11 is 1.30. The SMILES string of the molecule is CCN1CCN(C(=O)c2csc(NC(=O)CCc3ccccc3)n2)CC1. The van der Waals surface area contributed by atoms with Gasteiger partial charge in [0, 0.05) is 38.0 Å². The Balaban J connectivity index is 1.49. The Morgan fingerprint density at radius 2 is 1.88 bits per heavy atom. The largest absolute Gasteiger partial charge is 0.335 e. The predicted octanol–water partition coefficient (Wildman–Crippen LogP) is 2.49. The molecule has 2 aromatic rings. The van der Waals surface area contributed by atoms with Crippen molar-refractivity contribution in [2.75, 3.05) is 38.0 Å². The summed E-state index contributed by atoms with van der Waals surface area (Å²) < 4.78 is 0. The maximum atomic E-state index is 12.5. The molecule has 0 aliphatic carbocycles. The number of rotatable bonds is 6. The van der Waals surface area contributed by atoms with E-state index in [9.17, 15) is 9.59 Å². The summed E-state index contributed by atoms with van der Waals surface area (Å²) in [5, 5.41) is 5.00. The fourth-order valence-corrected chi connectivity index (χ4v) is 3.64. The molecule has 1 aliphatic rings. The van der Waals surface area contributed by atoms with Gasteiger partial charge < -0.3 is 15.1 Å². The van der Waals surface area contributed by atoms with E-state index in [0.717, 1.165) is 38.3 Å². The Labute approximate surface area is 157 Å². The van der Waals surface area contributed by atoms with E-state index in [1.165, 1.54) is 11.3 Å². The van der Waals surface area contributed by atoms with E-state index < -0.39 is 0 Å². The lowest BCUT2D eigenvalue weighted by atomic mass is 10.1. The van der Waals surface area contributed by atoms with Crippen LogP contribution in [0.2, 0.25) is 0 Å². The highest BCUT2D eigenvalue weighted by Gasteiger charge is 2.23. The van der Waals surface area contributed by atoms with E-state index >= 15 is 0 Å². The molecule has 0 saturated carbocycles. The first-order chi connectivity index (χ1) is 12.7. The molecule has 6 nitrogen and oxygen atoms in total. The van der Waals surface area contributed by atoms with Crippen LogP contribution in [-0.2, 0) is 11.2 Å². The summed E-state index contributed by atoms with van der Waals surface area (Å²) in [7, 11) is 0. The second-order valence-electron chi connectivity index (χ2n) is 6.30. The minimum atomic E-state index is -0.0845. The number of piperazine rings is 1. The molecule has 1 aromatic carbocycles. The Morgan fingerprint density at radius 1 is 1.15 bits per heavy atom. The Morgan fingerprint density at radius 3 is 2.58 bits per heavy atom. The van der Waals surface area contributed by atoms with Crippen LogP contribution in [0, 0.1) is 0 Å². The third-order valence-electron chi connectivity index (χ3n) is 4.56. The first-order valence-electron chi connectivity index (χ1n) is 8.96. The second kappa shape index (κ2) is 8.91. The van der Waals surface area contributed by atoms with Crippen LogP contribution in [0.5, 0.6) is 0 Å². The third kappa shape index (κ3) is 4.89. The van der Waals surface area contributed by atoms with Gasteiger partial charge in [-0.3, -0.25) is 9.59 Å². The lowest BCUT2D eigenvalue weighted by molar-refractivity contribution is -0.116. The molecule has 1 aliphatic heterocycles. The van der Waals surface area contributed by atoms with Crippen molar-refractivity contribution < 1.29 is 9.59 Å². The molecule has 2 heterocycles. The van der Waals surface area contributed by atoms with Gasteiger partial charge in [-0.2, -0.15) is 0 Å². The molecule has 0 atom stereocenters. The average Bonchev–Trinajstić information content (AvgIpc) is 3.15. The Hall–Kier alpha value is -2.25. The van der Waals surface area contributed by atoms with Crippen LogP contribution >= 0.6 is 11.3 Å². The molecule has 0 radical (unpaired) electrons. The number of amides is 2. The first-order valence-corrected chi connectivity index (χ1v) is 9.84. The monoisotopic (exact) mass is 372 g/mol. The Bertz CT molecular complexity index is 739. The van der Waals surface area contributed by atoms with E-state index in [1.807, 2.05) is 35.2 Å². The number of nitrogens with one attached hydrogen (secondary N) is 1. The maximum absolute atomic E-state index is 12.5. The zero-order valence-electron chi connectivity index (χ0n) is 15.0. The Kier molecular flexibility index (Phi) is 6.35. The van der Waals surface area contributed by atoms with Crippen molar-refractivity contribution >= 4 is 28.3 Å². The number of carbonyl (C=O) groups excluding carboxylic acids is 2. The van der Waals surface area contributed by atoms with Gasteiger partial charge >= 0.3 is 0 Å². The summed E-state index contributed by atoms with van der Waals surface area (Å²) in [5.41, 5.74) is 1.54. The van der Waals surface area contributed by atoms with Gasteiger partial charge in [-0.15, -0.1) is 11.3 Å². The molecule has 2 amide bonds. The van der Waals surface area contributed by atoms with E-state index in [2.05, 4.69) is 22.1 Å². The van der Waals surface area contributed by atoms with Gasteiger partial charge in [0.2, 0.25) is 5.91 Å². The molecule has 7 heteroatoms. The number of hydrogen-bond acceptors (Lipinski definition) is 5. The van der Waals surface area contributed by atoms with Crippen molar-refractivity contribution in [1.82, 2.24) is 14.8 Å². The van der Waals surface area contributed by atoms with Gasteiger partial charge in [0.25, 0.3) is 5.91 Å². The summed E-state index contributed by atoms with van der Waals surface area (Å²) in [6.45, 7) is 6.39. The molecule has 1 saturated heterocycles. The molecule has 0 spiro atoms. The lowest BCUT2D eigenvalue weighted by Crippen LogP contribution is -2.48. The van der Waals surface area contributed by atoms with Crippen LogP contribution in [0.15, 0.2) is 35.7 Å². The predicted molar refractivity (Wildman–Crippen MR) is 104 cm³/mol. The quantitative estimate of drug-likeness (QED) is 0.846. The van der Waals surface area contributed by atoms with Gasteiger partial charge in [-0.1, -0.05) is 37.3 Å². The van der Waals surface area contributed by atoms with Crippen LogP contribution in [0.4, 0.5) is 5.13 Å². The highest BCUT2D eigenvalue weighted by atomic mass is 32.1. The molecule has 0 bridgehead atoms. The first kappa shape index (κ1) is 18.5. The van der Waals surface area contributed by atoms with Crippen molar-refractivity contribution in [1.29, 1.82) is 0 Å². The fraction of sp³-hybridized carbons (Fsp3) is 0.421. The van der Waals surface area contributed by atoms with Gasteiger partial charge in [-0.25, -0.2) is 4.98 Å². The lowest BCUT2D eigenvalue weighted by Gasteiger charge is -2.33. The van der Waals surface area contributed by atoms with Gasteiger partial charge in [0.05, 0.1) is 0 Å². The second-order valence-corrected chi connectivity index (χ2v) is 7.16. The normalized spacial score (nSPS) is 15.0. The van der Waals surface area contributed by atoms with Crippen LogP contribution in [0.1, 0.15) is 29.4 Å². The molecule has 1 N–H and O–H groups in total. The summed E-state index contributed by atoms with van der Waals surface area (Å²) in [5.74, 6) is -0.138. The molecular weight excluding hydrogens is 348 g/mol. The van der Waals surface area contributed by atoms with Crippen molar-refractivity contribution in [2.45, 2.75) is 19.8 Å². The number of aromatic nitrogens is 1. The van der Waals surface area contributed by atoms with Crippen molar-refractivity contribution in [3.8, 4) is 0 Å². The van der Waals surface area contributed by atoms with E-state index in [4.69, 9.17) is 0 Å². The van der Waals surface area contributed by atoms with Gasteiger partial charge in [0.1, 0.15) is 5.69 Å². The summed E-state index contributed by atoms with van der Waals surface area (Å²) in [6, 6.07) is 9.90. The van der Waals surface area contributed by atoms with Gasteiger partial charge in [0.15, 0.2) is 5.13 Å². The van der Waals surface area contributed by atoms with E-state index in [0.29, 0.717) is 23.7 Å². The molecule has 1 fully saturated rings. The number of nitrogens with zero attached hydrogens (tertiary/aromatic N) is 3. The van der Waals surface area contributed by atoms with Crippen molar-refractivity contribution in [2.24, 2.45) is 0 Å². The minimum Gasteiger partial charge on any atom is -0.335 e. The van der Waals surface area contributed by atoms with Crippen LogP contribution in [0.25, 0.3) is 0 Å². The van der Waals surface area contributed by atoms with Crippen LogP contribution in [0.3, 0.4) is 0 Å². The topological polar surface area (TPSA) is 65.5 Å². The highest BCUT2D eigenvalue weighted by Crippen LogP contribution is 2.18. The number of likely N-dealkylation sites (N-methyl/N-ethyl adjacent to an activating group) is 1. The summed E-state index contributed by atoms with van der Waals surface area (Å²) in [6.07, 6.45) is 1.08. The zero-order chi connectivity index (χ0) is 18.4. The fourth-order valence-electron chi connectivity index (χ4n) is 2.94. The smallest absolute Gasteiger partial charge is 0.273 e. The number of thiazole rings is 1. The molecule has 1 aromatic heterocycles. The third-order valence-corrected chi connectivity index (χ3v) is 5.32. The number of anilines is 1. The summed E-state index contributed by atoms with van der Waals surface area (Å²) in [4.78, 5) is 33.1. The molecule has 3 rings (SSSR count). The molecular formula is C19H24N4O2S. The number of carbonyl (C=O) groups is 2. The number of aryl methyl sites for hydroxylation is 1. The molecule has 26 heavy (non-hydrogen) atoms. The number of hydrogen-bond donors (Lipinski definition) is 1. The van der Waals surface area contributed by atoms with Gasteiger partial charge in [-0.05, 0) is 18.5 Å². The highest BCUT2D eigenvalue weighted by molar-refractivity contribution is 7.14. The minimum absolute atomic E-state index is 0.0539. The molecule has 138 valence electrons. The molecule has 0 unspecified atom stereocenters.